The molecule has 3 rings (SSSR count). The zero-order valence-corrected chi connectivity index (χ0v) is 15.4. The van der Waals surface area contributed by atoms with E-state index >= 15 is 0 Å². The van der Waals surface area contributed by atoms with Crippen LogP contribution in [0.5, 0.6) is 0 Å². The maximum atomic E-state index is 12.7. The van der Waals surface area contributed by atoms with Crippen molar-refractivity contribution in [2.45, 2.75) is 19.1 Å². The average Bonchev–Trinajstić information content (AvgIpc) is 2.75. The molecule has 0 aliphatic rings. The van der Waals surface area contributed by atoms with Gasteiger partial charge in [-0.2, -0.15) is 0 Å². The molecule has 0 aromatic heterocycles. The zero-order valence-electron chi connectivity index (χ0n) is 15.4. The van der Waals surface area contributed by atoms with Gasteiger partial charge in [-0.15, -0.1) is 0 Å². The van der Waals surface area contributed by atoms with E-state index in [1.54, 1.807) is 24.3 Å². The van der Waals surface area contributed by atoms with Gasteiger partial charge in [0, 0.05) is 12.0 Å². The Morgan fingerprint density at radius 3 is 1.89 bits per heavy atom. The van der Waals surface area contributed by atoms with E-state index in [1.807, 2.05) is 66.7 Å². The van der Waals surface area contributed by atoms with Crippen molar-refractivity contribution in [3.8, 4) is 0 Å². The number of rotatable bonds is 8. The van der Waals surface area contributed by atoms with Gasteiger partial charge in [-0.3, -0.25) is 14.4 Å². The van der Waals surface area contributed by atoms with Gasteiger partial charge in [0.1, 0.15) is 6.04 Å². The summed E-state index contributed by atoms with van der Waals surface area (Å²) in [5, 5.41) is 2.80. The predicted molar refractivity (Wildman–Crippen MR) is 107 cm³/mol. The first-order valence-electron chi connectivity index (χ1n) is 9.08. The highest BCUT2D eigenvalue weighted by Gasteiger charge is 2.22. The van der Waals surface area contributed by atoms with Crippen LogP contribution >= 0.6 is 0 Å². The summed E-state index contributed by atoms with van der Waals surface area (Å²) >= 11 is 0. The molecule has 0 aliphatic carbocycles. The molecule has 2 amide bonds. The van der Waals surface area contributed by atoms with E-state index in [4.69, 9.17) is 4.84 Å². The van der Waals surface area contributed by atoms with E-state index in [9.17, 15) is 9.59 Å². The molecule has 0 aliphatic heterocycles. The molecule has 1 atom stereocenters. The third kappa shape index (κ3) is 5.79. The molecule has 0 radical (unpaired) electrons. The molecular weight excluding hydrogens is 352 g/mol. The Morgan fingerprint density at radius 1 is 0.750 bits per heavy atom. The van der Waals surface area contributed by atoms with Crippen LogP contribution in [0.1, 0.15) is 21.5 Å². The zero-order chi connectivity index (χ0) is 19.6. The van der Waals surface area contributed by atoms with Crippen molar-refractivity contribution in [3.63, 3.8) is 0 Å². The Morgan fingerprint density at radius 2 is 1.29 bits per heavy atom. The van der Waals surface area contributed by atoms with Gasteiger partial charge in [-0.05, 0) is 23.3 Å². The highest BCUT2D eigenvalue weighted by molar-refractivity contribution is 5.97. The summed E-state index contributed by atoms with van der Waals surface area (Å²) in [5.41, 5.74) is 4.84. The first-order chi connectivity index (χ1) is 13.7. The monoisotopic (exact) mass is 374 g/mol. The van der Waals surface area contributed by atoms with E-state index < -0.39 is 11.9 Å². The smallest absolute Gasteiger partial charge is 0.266 e. The molecule has 3 aromatic carbocycles. The molecular formula is C23H22N2O3. The number of hydrogen-bond donors (Lipinski definition) is 2. The lowest BCUT2D eigenvalue weighted by Gasteiger charge is -2.18. The molecule has 5 nitrogen and oxygen atoms in total. The van der Waals surface area contributed by atoms with Crippen LogP contribution in [0.2, 0.25) is 0 Å². The summed E-state index contributed by atoms with van der Waals surface area (Å²) in [5.74, 6) is -0.705. The maximum absolute atomic E-state index is 12.7. The summed E-state index contributed by atoms with van der Waals surface area (Å²) in [6.45, 7) is 0.247. The average molecular weight is 374 g/mol. The van der Waals surface area contributed by atoms with Crippen molar-refractivity contribution < 1.29 is 14.4 Å². The fourth-order valence-corrected chi connectivity index (χ4v) is 2.73. The summed E-state index contributed by atoms with van der Waals surface area (Å²) in [6.07, 6.45) is 0.361. The maximum Gasteiger partial charge on any atom is 0.266 e. The minimum absolute atomic E-state index is 0.247. The summed E-state index contributed by atoms with van der Waals surface area (Å²) in [7, 11) is 0. The van der Waals surface area contributed by atoms with Crippen LogP contribution in [0.25, 0.3) is 0 Å². The summed E-state index contributed by atoms with van der Waals surface area (Å²) in [6, 6.07) is 27.1. The Labute approximate surface area is 164 Å². The fraction of sp³-hybridized carbons (Fsp3) is 0.130. The molecule has 0 saturated heterocycles. The van der Waals surface area contributed by atoms with Crippen LogP contribution in [0.3, 0.4) is 0 Å². The second-order valence-electron chi connectivity index (χ2n) is 6.32. The van der Waals surface area contributed by atoms with Crippen LogP contribution in [0.4, 0.5) is 0 Å². The molecule has 142 valence electrons. The highest BCUT2D eigenvalue weighted by atomic mass is 16.6. The molecule has 0 spiro atoms. The second kappa shape index (κ2) is 10.0. The number of amides is 2. The fourth-order valence-electron chi connectivity index (χ4n) is 2.73. The van der Waals surface area contributed by atoms with E-state index in [-0.39, 0.29) is 12.5 Å². The van der Waals surface area contributed by atoms with Gasteiger partial charge in [0.15, 0.2) is 0 Å². The minimum atomic E-state index is -0.758. The van der Waals surface area contributed by atoms with Crippen molar-refractivity contribution in [1.29, 1.82) is 0 Å². The summed E-state index contributed by atoms with van der Waals surface area (Å²) < 4.78 is 0. The Kier molecular flexibility index (Phi) is 6.93. The van der Waals surface area contributed by atoms with Crippen molar-refractivity contribution >= 4 is 11.8 Å². The van der Waals surface area contributed by atoms with E-state index in [1.165, 1.54) is 0 Å². The lowest BCUT2D eigenvalue weighted by atomic mass is 10.0. The number of benzene rings is 3. The van der Waals surface area contributed by atoms with Gasteiger partial charge in [-0.25, -0.2) is 5.48 Å². The standard InChI is InChI=1S/C23H22N2O3/c26-22(20-14-8-3-9-15-20)24-21(16-18-10-4-1-5-11-18)23(27)25-28-17-19-12-6-2-7-13-19/h1-15,21H,16-17H2,(H,24,26)(H,25,27)/t21-/m1/s1. The van der Waals surface area contributed by atoms with Crippen molar-refractivity contribution in [1.82, 2.24) is 10.8 Å². The number of carbonyl (C=O) groups excluding carboxylic acids is 2. The SMILES string of the molecule is O=C(N[C@H](Cc1ccccc1)C(=O)NOCc1ccccc1)c1ccccc1. The number of nitrogens with one attached hydrogen (secondary N) is 2. The number of hydroxylamine groups is 1. The largest absolute Gasteiger partial charge is 0.340 e. The topological polar surface area (TPSA) is 67.4 Å². The van der Waals surface area contributed by atoms with Crippen molar-refractivity contribution in [2.24, 2.45) is 0 Å². The third-order valence-electron chi connectivity index (χ3n) is 4.19. The lowest BCUT2D eigenvalue weighted by Crippen LogP contribution is -2.48. The first kappa shape index (κ1) is 19.3. The quantitative estimate of drug-likeness (QED) is 0.595. The van der Waals surface area contributed by atoms with Crippen molar-refractivity contribution in [3.05, 3.63) is 108 Å². The van der Waals surface area contributed by atoms with Gasteiger partial charge in [0.25, 0.3) is 11.8 Å². The molecule has 5 heteroatoms. The van der Waals surface area contributed by atoms with Crippen LogP contribution in [-0.2, 0) is 22.7 Å². The molecule has 0 fully saturated rings. The molecule has 0 unspecified atom stereocenters. The molecule has 3 aromatic rings. The highest BCUT2D eigenvalue weighted by Crippen LogP contribution is 2.06. The Balaban J connectivity index is 1.64. The second-order valence-corrected chi connectivity index (χ2v) is 6.32. The van der Waals surface area contributed by atoms with Gasteiger partial charge in [-0.1, -0.05) is 78.9 Å². The Hall–Kier alpha value is -3.44. The summed E-state index contributed by atoms with van der Waals surface area (Å²) in [4.78, 5) is 30.5. The van der Waals surface area contributed by atoms with Gasteiger partial charge in [0.05, 0.1) is 6.61 Å². The number of hydrogen-bond acceptors (Lipinski definition) is 3. The Bertz CT molecular complexity index is 883. The van der Waals surface area contributed by atoms with Crippen LogP contribution in [0, 0.1) is 0 Å². The van der Waals surface area contributed by atoms with Crippen LogP contribution < -0.4 is 10.8 Å². The predicted octanol–water partition coefficient (Wildman–Crippen LogP) is 3.28. The molecule has 0 saturated carbocycles. The van der Waals surface area contributed by atoms with Crippen molar-refractivity contribution in [2.75, 3.05) is 0 Å². The van der Waals surface area contributed by atoms with Crippen LogP contribution in [-0.4, -0.2) is 17.9 Å². The van der Waals surface area contributed by atoms with E-state index in [0.29, 0.717) is 12.0 Å². The lowest BCUT2D eigenvalue weighted by molar-refractivity contribution is -0.136. The third-order valence-corrected chi connectivity index (χ3v) is 4.19. The van der Waals surface area contributed by atoms with Gasteiger partial charge in [0.2, 0.25) is 0 Å². The van der Waals surface area contributed by atoms with E-state index in [2.05, 4.69) is 10.8 Å². The molecule has 28 heavy (non-hydrogen) atoms. The first-order valence-corrected chi connectivity index (χ1v) is 9.08. The minimum Gasteiger partial charge on any atom is -0.340 e. The van der Waals surface area contributed by atoms with E-state index in [0.717, 1.165) is 11.1 Å². The molecule has 2 N–H and O–H groups in total. The normalized spacial score (nSPS) is 11.4. The molecule has 0 bridgehead atoms. The van der Waals surface area contributed by atoms with Crippen LogP contribution in [0.15, 0.2) is 91.0 Å². The number of carbonyl (C=O) groups is 2. The van der Waals surface area contributed by atoms with Gasteiger partial charge < -0.3 is 5.32 Å². The molecule has 0 heterocycles. The van der Waals surface area contributed by atoms with Gasteiger partial charge >= 0.3 is 0 Å².